The predicted octanol–water partition coefficient (Wildman–Crippen LogP) is 3.28. The van der Waals surface area contributed by atoms with Crippen molar-refractivity contribution in [1.82, 2.24) is 9.97 Å². The summed E-state index contributed by atoms with van der Waals surface area (Å²) >= 11 is 3.37. The maximum absolute atomic E-state index is 12.0. The molecule has 0 bridgehead atoms. The van der Waals surface area contributed by atoms with E-state index in [-0.39, 0.29) is 5.91 Å². The summed E-state index contributed by atoms with van der Waals surface area (Å²) in [5, 5.41) is 6.06. The molecule has 0 atom stereocenters. The predicted molar refractivity (Wildman–Crippen MR) is 99.4 cm³/mol. The van der Waals surface area contributed by atoms with E-state index >= 15 is 0 Å². The Labute approximate surface area is 149 Å². The van der Waals surface area contributed by atoms with Gasteiger partial charge in [-0.05, 0) is 37.1 Å². The van der Waals surface area contributed by atoms with Crippen molar-refractivity contribution in [1.29, 1.82) is 0 Å². The van der Waals surface area contributed by atoms with Crippen LogP contribution in [0.3, 0.4) is 0 Å². The third-order valence-electron chi connectivity index (χ3n) is 3.87. The molecule has 126 valence electrons. The second-order valence-electron chi connectivity index (χ2n) is 5.69. The summed E-state index contributed by atoms with van der Waals surface area (Å²) in [6.45, 7) is 2.62. The summed E-state index contributed by atoms with van der Waals surface area (Å²) in [7, 11) is 0. The van der Waals surface area contributed by atoms with Crippen molar-refractivity contribution >= 4 is 39.2 Å². The first-order valence-electron chi connectivity index (χ1n) is 8.07. The van der Waals surface area contributed by atoms with E-state index in [1.807, 2.05) is 30.3 Å². The van der Waals surface area contributed by atoms with Crippen LogP contribution in [-0.4, -0.2) is 35.5 Å². The monoisotopic (exact) mass is 389 g/mol. The van der Waals surface area contributed by atoms with Gasteiger partial charge in [0, 0.05) is 42.3 Å². The number of amides is 1. The van der Waals surface area contributed by atoms with Gasteiger partial charge in [0.25, 0.3) is 0 Å². The zero-order chi connectivity index (χ0) is 16.8. The number of hydrogen-bond donors (Lipinski definition) is 2. The molecule has 2 aromatic rings. The fraction of sp³-hybridized carbons (Fsp3) is 0.353. The molecule has 1 amide bonds. The van der Waals surface area contributed by atoms with Gasteiger partial charge in [-0.3, -0.25) is 4.79 Å². The van der Waals surface area contributed by atoms with Crippen molar-refractivity contribution in [3.8, 4) is 0 Å². The van der Waals surface area contributed by atoms with E-state index in [2.05, 4.69) is 41.4 Å². The molecule has 6 nitrogen and oxygen atoms in total. The number of aromatic nitrogens is 2. The van der Waals surface area contributed by atoms with Crippen molar-refractivity contribution in [2.75, 3.05) is 35.2 Å². The van der Waals surface area contributed by atoms with Gasteiger partial charge >= 0.3 is 0 Å². The minimum absolute atomic E-state index is 0.0290. The number of carbonyl (C=O) groups is 1. The molecule has 1 aliphatic rings. The second kappa shape index (κ2) is 8.10. The molecular formula is C17H20BrN5O. The summed E-state index contributed by atoms with van der Waals surface area (Å²) in [5.41, 5.74) is 0.793. The van der Waals surface area contributed by atoms with Crippen molar-refractivity contribution in [2.45, 2.75) is 19.3 Å². The van der Waals surface area contributed by atoms with E-state index in [1.165, 1.54) is 12.8 Å². The lowest BCUT2D eigenvalue weighted by atomic mass is 10.3. The Morgan fingerprint density at radius 3 is 2.67 bits per heavy atom. The first-order chi connectivity index (χ1) is 11.7. The Kier molecular flexibility index (Phi) is 5.63. The van der Waals surface area contributed by atoms with Gasteiger partial charge in [0.15, 0.2) is 0 Å². The zero-order valence-electron chi connectivity index (χ0n) is 13.3. The number of halogens is 1. The molecule has 7 heteroatoms. The third kappa shape index (κ3) is 4.67. The summed E-state index contributed by atoms with van der Waals surface area (Å²) < 4.78 is 0.986. The highest BCUT2D eigenvalue weighted by Gasteiger charge is 2.14. The molecule has 1 saturated heterocycles. The van der Waals surface area contributed by atoms with Crippen LogP contribution in [0.2, 0.25) is 0 Å². The molecule has 0 radical (unpaired) electrons. The molecular weight excluding hydrogens is 370 g/mol. The molecule has 0 aliphatic carbocycles. The second-order valence-corrected chi connectivity index (χ2v) is 6.60. The van der Waals surface area contributed by atoms with Crippen LogP contribution in [0.25, 0.3) is 0 Å². The normalized spacial score (nSPS) is 13.8. The van der Waals surface area contributed by atoms with Crippen molar-refractivity contribution in [3.05, 3.63) is 41.1 Å². The third-order valence-corrected chi connectivity index (χ3v) is 4.40. The Morgan fingerprint density at radius 1 is 1.17 bits per heavy atom. The van der Waals surface area contributed by atoms with Gasteiger partial charge in [-0.2, -0.15) is 0 Å². The van der Waals surface area contributed by atoms with E-state index in [4.69, 9.17) is 0 Å². The zero-order valence-corrected chi connectivity index (χ0v) is 14.9. The average molecular weight is 390 g/mol. The molecule has 1 fully saturated rings. The molecule has 2 heterocycles. The SMILES string of the molecule is O=C(CCNc1cc(N2CCCC2)ncn1)Nc1ccc(Br)cc1. The van der Waals surface area contributed by atoms with Gasteiger partial charge in [0.05, 0.1) is 0 Å². The number of hydrogen-bond acceptors (Lipinski definition) is 5. The summed E-state index contributed by atoms with van der Waals surface area (Å²) in [5.74, 6) is 1.67. The fourth-order valence-corrected chi connectivity index (χ4v) is 2.89. The Morgan fingerprint density at radius 2 is 1.92 bits per heavy atom. The van der Waals surface area contributed by atoms with Gasteiger partial charge in [-0.25, -0.2) is 9.97 Å². The molecule has 1 aromatic heterocycles. The molecule has 0 spiro atoms. The van der Waals surface area contributed by atoms with E-state index in [1.54, 1.807) is 6.33 Å². The van der Waals surface area contributed by atoms with E-state index in [9.17, 15) is 4.79 Å². The number of nitrogens with zero attached hydrogens (tertiary/aromatic N) is 3. The molecule has 1 aromatic carbocycles. The first kappa shape index (κ1) is 16.7. The maximum Gasteiger partial charge on any atom is 0.226 e. The Bertz CT molecular complexity index is 686. The summed E-state index contributed by atoms with van der Waals surface area (Å²) in [6, 6.07) is 9.46. The average Bonchev–Trinajstić information content (AvgIpc) is 3.12. The molecule has 3 rings (SSSR count). The molecule has 0 saturated carbocycles. The summed E-state index contributed by atoms with van der Waals surface area (Å²) in [4.78, 5) is 22.8. The molecule has 0 unspecified atom stereocenters. The molecule has 2 N–H and O–H groups in total. The van der Waals surface area contributed by atoms with Crippen LogP contribution in [-0.2, 0) is 4.79 Å². The Hall–Kier alpha value is -2.15. The number of rotatable bonds is 6. The lowest BCUT2D eigenvalue weighted by Crippen LogP contribution is -2.20. The largest absolute Gasteiger partial charge is 0.369 e. The highest BCUT2D eigenvalue weighted by molar-refractivity contribution is 9.10. The van der Waals surface area contributed by atoms with Gasteiger partial charge in [-0.1, -0.05) is 15.9 Å². The van der Waals surface area contributed by atoms with Crippen LogP contribution < -0.4 is 15.5 Å². The summed E-state index contributed by atoms with van der Waals surface area (Å²) in [6.07, 6.45) is 4.36. The molecule has 1 aliphatic heterocycles. The number of nitrogens with one attached hydrogen (secondary N) is 2. The van der Waals surface area contributed by atoms with Gasteiger partial charge in [0.1, 0.15) is 18.0 Å². The minimum Gasteiger partial charge on any atom is -0.369 e. The standard InChI is InChI=1S/C17H20BrN5O/c18-13-3-5-14(6-4-13)22-17(24)7-8-19-15-11-16(21-12-20-15)23-9-1-2-10-23/h3-6,11-12H,1-2,7-10H2,(H,22,24)(H,19,20,21). The maximum atomic E-state index is 12.0. The quantitative estimate of drug-likeness (QED) is 0.792. The smallest absolute Gasteiger partial charge is 0.226 e. The topological polar surface area (TPSA) is 70.2 Å². The fourth-order valence-electron chi connectivity index (χ4n) is 2.62. The van der Waals surface area contributed by atoms with Crippen LogP contribution in [0.1, 0.15) is 19.3 Å². The lowest BCUT2D eigenvalue weighted by molar-refractivity contribution is -0.115. The Balaban J connectivity index is 1.46. The van der Waals surface area contributed by atoms with Crippen LogP contribution in [0.15, 0.2) is 41.1 Å². The number of carbonyl (C=O) groups excluding carboxylic acids is 1. The minimum atomic E-state index is -0.0290. The van der Waals surface area contributed by atoms with Gasteiger partial charge in [-0.15, -0.1) is 0 Å². The van der Waals surface area contributed by atoms with Crippen molar-refractivity contribution in [2.24, 2.45) is 0 Å². The highest BCUT2D eigenvalue weighted by Crippen LogP contribution is 2.19. The van der Waals surface area contributed by atoms with E-state index < -0.39 is 0 Å². The van der Waals surface area contributed by atoms with Gasteiger partial charge < -0.3 is 15.5 Å². The van der Waals surface area contributed by atoms with Crippen LogP contribution in [0, 0.1) is 0 Å². The first-order valence-corrected chi connectivity index (χ1v) is 8.86. The number of benzene rings is 1. The highest BCUT2D eigenvalue weighted by atomic mass is 79.9. The lowest BCUT2D eigenvalue weighted by Gasteiger charge is -2.16. The van der Waals surface area contributed by atoms with Crippen LogP contribution >= 0.6 is 15.9 Å². The van der Waals surface area contributed by atoms with Crippen molar-refractivity contribution in [3.63, 3.8) is 0 Å². The van der Waals surface area contributed by atoms with Gasteiger partial charge in [0.2, 0.25) is 5.91 Å². The van der Waals surface area contributed by atoms with Crippen LogP contribution in [0.5, 0.6) is 0 Å². The van der Waals surface area contributed by atoms with E-state index in [0.29, 0.717) is 13.0 Å². The number of anilines is 3. The van der Waals surface area contributed by atoms with Crippen LogP contribution in [0.4, 0.5) is 17.3 Å². The van der Waals surface area contributed by atoms with E-state index in [0.717, 1.165) is 34.9 Å². The molecule has 24 heavy (non-hydrogen) atoms. The van der Waals surface area contributed by atoms with Crippen molar-refractivity contribution < 1.29 is 4.79 Å².